The Labute approximate surface area is 151 Å². The summed E-state index contributed by atoms with van der Waals surface area (Å²) in [6.45, 7) is 3.95. The molecule has 0 aliphatic rings. The van der Waals surface area contributed by atoms with Crippen molar-refractivity contribution < 1.29 is 13.9 Å². The second kappa shape index (κ2) is 7.66. The Morgan fingerprint density at radius 3 is 2.85 bits per heavy atom. The molecule has 1 heterocycles. The smallest absolute Gasteiger partial charge is 0.165 e. The molecule has 2 aromatic carbocycles. The summed E-state index contributed by atoms with van der Waals surface area (Å²) in [4.78, 5) is 4.41. The summed E-state index contributed by atoms with van der Waals surface area (Å²) in [6, 6.07) is 13.9. The van der Waals surface area contributed by atoms with Crippen LogP contribution in [0.5, 0.6) is 11.5 Å². The van der Waals surface area contributed by atoms with Gasteiger partial charge in [0.05, 0.1) is 19.4 Å². The normalized spacial score (nSPS) is 10.3. The standard InChI is InChI=1S/C21H17FN2O2/c1-3-4-10-26-21-18(6-5-7-19(21)22)20-17-9-8-16(25-2)12-14(17)11-15(13-23)24-20/h3,5-9,11-12H,1,4,10H2,2H3. The molecule has 0 bridgehead atoms. The van der Waals surface area contributed by atoms with Gasteiger partial charge < -0.3 is 9.47 Å². The number of benzene rings is 2. The first-order chi connectivity index (χ1) is 12.7. The molecule has 0 unspecified atom stereocenters. The van der Waals surface area contributed by atoms with Crippen molar-refractivity contribution in [3.63, 3.8) is 0 Å². The van der Waals surface area contributed by atoms with Gasteiger partial charge in [-0.05, 0) is 48.2 Å². The van der Waals surface area contributed by atoms with E-state index in [4.69, 9.17) is 9.47 Å². The van der Waals surface area contributed by atoms with E-state index in [1.165, 1.54) is 6.07 Å². The molecule has 0 aliphatic heterocycles. The third-order valence-corrected chi connectivity index (χ3v) is 3.94. The molecule has 3 rings (SSSR count). The molecule has 3 aromatic rings. The van der Waals surface area contributed by atoms with Crippen LogP contribution >= 0.6 is 0 Å². The Balaban J connectivity index is 2.23. The van der Waals surface area contributed by atoms with E-state index in [-0.39, 0.29) is 11.4 Å². The number of para-hydroxylation sites is 1. The van der Waals surface area contributed by atoms with Crippen molar-refractivity contribution in [2.45, 2.75) is 6.42 Å². The maximum atomic E-state index is 14.4. The number of hydrogen-bond donors (Lipinski definition) is 0. The van der Waals surface area contributed by atoms with Gasteiger partial charge in [-0.1, -0.05) is 12.1 Å². The summed E-state index contributed by atoms with van der Waals surface area (Å²) in [5.74, 6) is 0.312. The molecule has 0 fully saturated rings. The molecule has 5 heteroatoms. The summed E-state index contributed by atoms with van der Waals surface area (Å²) in [5.41, 5.74) is 1.23. The summed E-state index contributed by atoms with van der Waals surface area (Å²) in [6.07, 6.45) is 2.30. The molecule has 1 aromatic heterocycles. The molecule has 0 saturated heterocycles. The van der Waals surface area contributed by atoms with Crippen LogP contribution in [0.3, 0.4) is 0 Å². The summed E-state index contributed by atoms with van der Waals surface area (Å²) >= 11 is 0. The lowest BCUT2D eigenvalue weighted by Crippen LogP contribution is -2.01. The van der Waals surface area contributed by atoms with Crippen molar-refractivity contribution in [1.82, 2.24) is 4.98 Å². The molecule has 26 heavy (non-hydrogen) atoms. The Morgan fingerprint density at radius 2 is 2.12 bits per heavy atom. The zero-order chi connectivity index (χ0) is 18.5. The van der Waals surface area contributed by atoms with Gasteiger partial charge in [0.2, 0.25) is 0 Å². The monoisotopic (exact) mass is 348 g/mol. The van der Waals surface area contributed by atoms with Gasteiger partial charge in [-0.2, -0.15) is 5.26 Å². The van der Waals surface area contributed by atoms with E-state index >= 15 is 0 Å². The van der Waals surface area contributed by atoms with E-state index in [1.54, 1.807) is 37.5 Å². The zero-order valence-corrected chi connectivity index (χ0v) is 14.3. The molecular formula is C21H17FN2O2. The van der Waals surface area contributed by atoms with E-state index in [0.29, 0.717) is 30.0 Å². The number of fused-ring (bicyclic) bond motifs is 1. The lowest BCUT2D eigenvalue weighted by molar-refractivity contribution is 0.309. The molecule has 4 nitrogen and oxygen atoms in total. The van der Waals surface area contributed by atoms with Gasteiger partial charge in [0.25, 0.3) is 0 Å². The topological polar surface area (TPSA) is 55.1 Å². The first-order valence-corrected chi connectivity index (χ1v) is 8.09. The quantitative estimate of drug-likeness (QED) is 0.471. The van der Waals surface area contributed by atoms with Crippen molar-refractivity contribution in [2.75, 3.05) is 13.7 Å². The van der Waals surface area contributed by atoms with E-state index in [0.717, 1.165) is 10.8 Å². The minimum atomic E-state index is -0.475. The molecule has 0 radical (unpaired) electrons. The second-order valence-electron chi connectivity index (χ2n) is 5.60. The van der Waals surface area contributed by atoms with Crippen LogP contribution in [-0.2, 0) is 0 Å². The number of ether oxygens (including phenoxy) is 2. The van der Waals surface area contributed by atoms with Crippen LogP contribution in [0.25, 0.3) is 22.0 Å². The maximum Gasteiger partial charge on any atom is 0.165 e. The van der Waals surface area contributed by atoms with Crippen LogP contribution in [0.2, 0.25) is 0 Å². The minimum Gasteiger partial charge on any atom is -0.497 e. The van der Waals surface area contributed by atoms with Crippen LogP contribution in [0, 0.1) is 17.1 Å². The highest BCUT2D eigenvalue weighted by atomic mass is 19.1. The average molecular weight is 348 g/mol. The molecule has 130 valence electrons. The number of methoxy groups -OCH3 is 1. The van der Waals surface area contributed by atoms with E-state index < -0.39 is 5.82 Å². The van der Waals surface area contributed by atoms with Gasteiger partial charge in [0.15, 0.2) is 11.6 Å². The fourth-order valence-corrected chi connectivity index (χ4v) is 2.71. The highest BCUT2D eigenvalue weighted by molar-refractivity contribution is 5.97. The summed E-state index contributed by atoms with van der Waals surface area (Å²) in [7, 11) is 1.58. The lowest BCUT2D eigenvalue weighted by atomic mass is 10.0. The van der Waals surface area contributed by atoms with E-state index in [9.17, 15) is 9.65 Å². The molecule has 0 amide bonds. The molecular weight excluding hydrogens is 331 g/mol. The molecule has 0 atom stereocenters. The first kappa shape index (κ1) is 17.4. The van der Waals surface area contributed by atoms with Crippen LogP contribution in [0.1, 0.15) is 12.1 Å². The largest absolute Gasteiger partial charge is 0.497 e. The highest BCUT2D eigenvalue weighted by Gasteiger charge is 2.17. The Kier molecular flexibility index (Phi) is 5.14. The number of pyridine rings is 1. The third kappa shape index (κ3) is 3.35. The van der Waals surface area contributed by atoms with E-state index in [2.05, 4.69) is 17.6 Å². The Hall–Kier alpha value is -3.39. The number of aromatic nitrogens is 1. The first-order valence-electron chi connectivity index (χ1n) is 8.09. The van der Waals surface area contributed by atoms with Gasteiger partial charge in [-0.3, -0.25) is 0 Å². The SMILES string of the molecule is C=CCCOc1c(F)cccc1-c1nc(C#N)cc2cc(OC)ccc12. The van der Waals surface area contributed by atoms with Crippen molar-refractivity contribution in [3.8, 4) is 28.8 Å². The fourth-order valence-electron chi connectivity index (χ4n) is 2.71. The summed E-state index contributed by atoms with van der Waals surface area (Å²) in [5, 5.41) is 10.9. The third-order valence-electron chi connectivity index (χ3n) is 3.94. The number of halogens is 1. The number of rotatable bonds is 6. The van der Waals surface area contributed by atoms with Crippen molar-refractivity contribution in [1.29, 1.82) is 5.26 Å². The van der Waals surface area contributed by atoms with Gasteiger partial charge in [-0.25, -0.2) is 9.37 Å². The average Bonchev–Trinajstić information content (AvgIpc) is 2.67. The minimum absolute atomic E-state index is 0.119. The predicted octanol–water partition coefficient (Wildman–Crippen LogP) is 4.88. The van der Waals surface area contributed by atoms with Crippen molar-refractivity contribution in [3.05, 3.63) is 66.6 Å². The van der Waals surface area contributed by atoms with Crippen LogP contribution in [0.15, 0.2) is 55.1 Å². The number of nitrogens with zero attached hydrogens (tertiary/aromatic N) is 2. The zero-order valence-electron chi connectivity index (χ0n) is 14.3. The van der Waals surface area contributed by atoms with E-state index in [1.807, 2.05) is 12.1 Å². The number of hydrogen-bond acceptors (Lipinski definition) is 4. The summed E-state index contributed by atoms with van der Waals surface area (Å²) < 4.78 is 25.3. The predicted molar refractivity (Wildman–Crippen MR) is 98.7 cm³/mol. The van der Waals surface area contributed by atoms with Crippen LogP contribution in [-0.4, -0.2) is 18.7 Å². The lowest BCUT2D eigenvalue weighted by Gasteiger charge is -2.14. The molecule has 0 saturated carbocycles. The van der Waals surface area contributed by atoms with Gasteiger partial charge in [0.1, 0.15) is 17.5 Å². The molecule has 0 aliphatic carbocycles. The maximum absolute atomic E-state index is 14.4. The van der Waals surface area contributed by atoms with Crippen molar-refractivity contribution in [2.24, 2.45) is 0 Å². The second-order valence-corrected chi connectivity index (χ2v) is 5.60. The Morgan fingerprint density at radius 1 is 1.27 bits per heavy atom. The van der Waals surface area contributed by atoms with Crippen LogP contribution in [0.4, 0.5) is 4.39 Å². The van der Waals surface area contributed by atoms with Gasteiger partial charge in [-0.15, -0.1) is 6.58 Å². The van der Waals surface area contributed by atoms with Crippen molar-refractivity contribution >= 4 is 10.8 Å². The van der Waals surface area contributed by atoms with Gasteiger partial charge >= 0.3 is 0 Å². The highest BCUT2D eigenvalue weighted by Crippen LogP contribution is 2.36. The molecule has 0 spiro atoms. The van der Waals surface area contributed by atoms with Gasteiger partial charge in [0, 0.05) is 10.9 Å². The van der Waals surface area contributed by atoms with Crippen LogP contribution < -0.4 is 9.47 Å². The number of nitriles is 1. The Bertz CT molecular complexity index is 1010. The molecule has 0 N–H and O–H groups in total. The fraction of sp³-hybridized carbons (Fsp3) is 0.143.